The van der Waals surface area contributed by atoms with E-state index < -0.39 is 12.1 Å². The lowest BCUT2D eigenvalue weighted by molar-refractivity contribution is -0.152. The van der Waals surface area contributed by atoms with Crippen molar-refractivity contribution in [1.29, 1.82) is 0 Å². The summed E-state index contributed by atoms with van der Waals surface area (Å²) in [6.45, 7) is 12.3. The molecule has 1 saturated carbocycles. The Balaban J connectivity index is 2.04. The number of hydrogen-bond donors (Lipinski definition) is 1. The van der Waals surface area contributed by atoms with E-state index in [-0.39, 0.29) is 11.7 Å². The van der Waals surface area contributed by atoms with Crippen molar-refractivity contribution in [3.05, 3.63) is 47.5 Å². The Kier molecular flexibility index (Phi) is 6.22. The van der Waals surface area contributed by atoms with Crippen molar-refractivity contribution in [3.63, 3.8) is 0 Å². The molecule has 3 nitrogen and oxygen atoms in total. The average molecular weight is 330 g/mol. The van der Waals surface area contributed by atoms with E-state index in [1.54, 1.807) is 0 Å². The lowest BCUT2D eigenvalue weighted by Gasteiger charge is -2.37. The van der Waals surface area contributed by atoms with Crippen LogP contribution in [0.2, 0.25) is 0 Å². The first-order valence-corrected chi connectivity index (χ1v) is 8.94. The maximum absolute atomic E-state index is 12.5. The molecular formula is C21H30O3. The predicted molar refractivity (Wildman–Crippen MR) is 96.5 cm³/mol. The Hall–Kier alpha value is -1.61. The van der Waals surface area contributed by atoms with E-state index in [0.29, 0.717) is 23.3 Å². The molecule has 24 heavy (non-hydrogen) atoms. The van der Waals surface area contributed by atoms with Crippen LogP contribution in [0.15, 0.2) is 36.4 Å². The molecule has 1 N–H and O–H groups in total. The minimum absolute atomic E-state index is 0.0804. The number of carbonyl (C=O) groups is 1. The Morgan fingerprint density at radius 2 is 1.88 bits per heavy atom. The number of aliphatic hydroxyl groups excluding tert-OH is 1. The summed E-state index contributed by atoms with van der Waals surface area (Å²) in [7, 11) is 0. The summed E-state index contributed by atoms with van der Waals surface area (Å²) >= 11 is 0. The standard InChI is InChI=1S/C21H30O3/c1-13(2)18-11-8-15(4)12-19(18)24-21(23)16(5)20(22)17-9-6-14(3)7-10-17/h6-7,9-10,13,15,18-20,22H,5,8,11-12H2,1-4H3/t15-,18+,19-,20-/m0/s1. The van der Waals surface area contributed by atoms with Crippen molar-refractivity contribution in [2.45, 2.75) is 59.2 Å². The van der Waals surface area contributed by atoms with Crippen LogP contribution in [0.5, 0.6) is 0 Å². The van der Waals surface area contributed by atoms with Crippen molar-refractivity contribution in [2.24, 2.45) is 17.8 Å². The number of rotatable bonds is 5. The van der Waals surface area contributed by atoms with Gasteiger partial charge in [0.15, 0.2) is 0 Å². The summed E-state index contributed by atoms with van der Waals surface area (Å²) in [5.41, 5.74) is 1.88. The molecule has 0 amide bonds. The quantitative estimate of drug-likeness (QED) is 0.634. The molecule has 1 aliphatic rings. The summed E-state index contributed by atoms with van der Waals surface area (Å²) in [4.78, 5) is 12.5. The Bertz CT molecular complexity index is 573. The molecule has 0 spiro atoms. The van der Waals surface area contributed by atoms with E-state index in [9.17, 15) is 9.90 Å². The number of benzene rings is 1. The summed E-state index contributed by atoms with van der Waals surface area (Å²) in [5, 5.41) is 10.4. The van der Waals surface area contributed by atoms with E-state index in [4.69, 9.17) is 4.74 Å². The molecular weight excluding hydrogens is 300 g/mol. The first kappa shape index (κ1) is 18.7. The average Bonchev–Trinajstić information content (AvgIpc) is 2.54. The lowest BCUT2D eigenvalue weighted by atomic mass is 9.75. The maximum Gasteiger partial charge on any atom is 0.336 e. The molecule has 1 aliphatic carbocycles. The van der Waals surface area contributed by atoms with E-state index in [1.807, 2.05) is 31.2 Å². The zero-order chi connectivity index (χ0) is 17.9. The van der Waals surface area contributed by atoms with Gasteiger partial charge in [0, 0.05) is 0 Å². The SMILES string of the molecule is C=C(C(=O)O[C@H]1C[C@@H](C)CC[C@@H]1C(C)C)[C@H](O)c1ccc(C)cc1. The van der Waals surface area contributed by atoms with Gasteiger partial charge in [-0.1, -0.05) is 63.6 Å². The third-order valence-corrected chi connectivity index (χ3v) is 5.21. The number of aryl methyl sites for hydroxylation is 1. The minimum Gasteiger partial charge on any atom is -0.459 e. The van der Waals surface area contributed by atoms with E-state index in [0.717, 1.165) is 18.4 Å². The second-order valence-corrected chi connectivity index (χ2v) is 7.61. The first-order valence-electron chi connectivity index (χ1n) is 8.94. The highest BCUT2D eigenvalue weighted by Gasteiger charge is 2.34. The van der Waals surface area contributed by atoms with Crippen LogP contribution in [0.4, 0.5) is 0 Å². The van der Waals surface area contributed by atoms with Gasteiger partial charge in [-0.2, -0.15) is 0 Å². The molecule has 3 heteroatoms. The van der Waals surface area contributed by atoms with Gasteiger partial charge in [-0.25, -0.2) is 4.79 Å². The van der Waals surface area contributed by atoms with Gasteiger partial charge in [-0.3, -0.25) is 0 Å². The van der Waals surface area contributed by atoms with Crippen LogP contribution in [0.25, 0.3) is 0 Å². The highest BCUT2D eigenvalue weighted by Crippen LogP contribution is 2.36. The number of esters is 1. The van der Waals surface area contributed by atoms with E-state index >= 15 is 0 Å². The second kappa shape index (κ2) is 7.98. The highest BCUT2D eigenvalue weighted by atomic mass is 16.5. The van der Waals surface area contributed by atoms with Crippen LogP contribution in [0.1, 0.15) is 57.3 Å². The smallest absolute Gasteiger partial charge is 0.336 e. The molecule has 0 heterocycles. The zero-order valence-electron chi connectivity index (χ0n) is 15.3. The number of carbonyl (C=O) groups excluding carboxylic acids is 1. The van der Waals surface area contributed by atoms with E-state index in [1.165, 1.54) is 6.42 Å². The number of hydrogen-bond acceptors (Lipinski definition) is 3. The van der Waals surface area contributed by atoms with Gasteiger partial charge in [0.05, 0.1) is 5.57 Å². The lowest BCUT2D eigenvalue weighted by Crippen LogP contribution is -2.36. The number of aliphatic hydroxyl groups is 1. The first-order chi connectivity index (χ1) is 11.3. The molecule has 1 aromatic rings. The van der Waals surface area contributed by atoms with Crippen molar-refractivity contribution >= 4 is 5.97 Å². The van der Waals surface area contributed by atoms with Crippen LogP contribution in [0, 0.1) is 24.7 Å². The van der Waals surface area contributed by atoms with Gasteiger partial charge in [0.2, 0.25) is 0 Å². The molecule has 1 fully saturated rings. The monoisotopic (exact) mass is 330 g/mol. The molecule has 0 bridgehead atoms. The molecule has 2 rings (SSSR count). The van der Waals surface area contributed by atoms with Crippen molar-refractivity contribution in [3.8, 4) is 0 Å². The van der Waals surface area contributed by atoms with Crippen molar-refractivity contribution in [1.82, 2.24) is 0 Å². The molecule has 0 saturated heterocycles. The van der Waals surface area contributed by atoms with Crippen molar-refractivity contribution < 1.29 is 14.6 Å². The molecule has 132 valence electrons. The third kappa shape index (κ3) is 4.47. The van der Waals surface area contributed by atoms with Crippen LogP contribution >= 0.6 is 0 Å². The van der Waals surface area contributed by atoms with Gasteiger partial charge in [0.1, 0.15) is 12.2 Å². The summed E-state index contributed by atoms with van der Waals surface area (Å²) in [6, 6.07) is 7.46. The molecule has 4 atom stereocenters. The summed E-state index contributed by atoms with van der Waals surface area (Å²) in [6.07, 6.45) is 2.07. The second-order valence-electron chi connectivity index (χ2n) is 7.61. The van der Waals surface area contributed by atoms with Gasteiger partial charge in [0.25, 0.3) is 0 Å². The van der Waals surface area contributed by atoms with Crippen LogP contribution in [-0.4, -0.2) is 17.2 Å². The van der Waals surface area contributed by atoms with Gasteiger partial charge in [-0.05, 0) is 43.1 Å². The van der Waals surface area contributed by atoms with Gasteiger partial charge >= 0.3 is 5.97 Å². The van der Waals surface area contributed by atoms with Gasteiger partial charge < -0.3 is 9.84 Å². The molecule has 0 unspecified atom stereocenters. The summed E-state index contributed by atoms with van der Waals surface area (Å²) < 4.78 is 5.77. The zero-order valence-corrected chi connectivity index (χ0v) is 15.3. The molecule has 1 aromatic carbocycles. The van der Waals surface area contributed by atoms with Crippen LogP contribution < -0.4 is 0 Å². The molecule has 0 aliphatic heterocycles. The third-order valence-electron chi connectivity index (χ3n) is 5.21. The summed E-state index contributed by atoms with van der Waals surface area (Å²) in [5.74, 6) is 0.945. The normalized spacial score (nSPS) is 25.3. The van der Waals surface area contributed by atoms with Crippen molar-refractivity contribution in [2.75, 3.05) is 0 Å². The largest absolute Gasteiger partial charge is 0.459 e. The highest BCUT2D eigenvalue weighted by molar-refractivity contribution is 5.89. The fraction of sp³-hybridized carbons (Fsp3) is 0.571. The van der Waals surface area contributed by atoms with Crippen LogP contribution in [-0.2, 0) is 9.53 Å². The topological polar surface area (TPSA) is 46.5 Å². The Labute approximate surface area is 145 Å². The fourth-order valence-corrected chi connectivity index (χ4v) is 3.52. The Morgan fingerprint density at radius 3 is 2.46 bits per heavy atom. The Morgan fingerprint density at radius 1 is 1.25 bits per heavy atom. The van der Waals surface area contributed by atoms with Gasteiger partial charge in [-0.15, -0.1) is 0 Å². The molecule has 0 radical (unpaired) electrons. The fourth-order valence-electron chi connectivity index (χ4n) is 3.52. The predicted octanol–water partition coefficient (Wildman–Crippen LogP) is 4.59. The molecule has 0 aromatic heterocycles. The van der Waals surface area contributed by atoms with Crippen LogP contribution in [0.3, 0.4) is 0 Å². The maximum atomic E-state index is 12.5. The number of ether oxygens (including phenoxy) is 1. The van der Waals surface area contributed by atoms with E-state index in [2.05, 4.69) is 27.4 Å². The minimum atomic E-state index is -1.02.